The Morgan fingerprint density at radius 2 is 1.92 bits per heavy atom. The minimum Gasteiger partial charge on any atom is -0.481 e. The van der Waals surface area contributed by atoms with Gasteiger partial charge in [0, 0.05) is 5.92 Å². The van der Waals surface area contributed by atoms with Crippen LogP contribution in [0.15, 0.2) is 0 Å². The van der Waals surface area contributed by atoms with Gasteiger partial charge in [0.05, 0.1) is 6.42 Å². The molecule has 0 heterocycles. The topological polar surface area (TPSA) is 37.3 Å². The maximum Gasteiger partial charge on any atom is 0.303 e. The Bertz CT molecular complexity index is 146. The van der Waals surface area contributed by atoms with E-state index >= 15 is 0 Å². The number of hydrogen-bond donors (Lipinski definition) is 1. The molecule has 0 fully saturated rings. The van der Waals surface area contributed by atoms with E-state index in [2.05, 4.69) is 0 Å². The summed E-state index contributed by atoms with van der Waals surface area (Å²) in [7, 11) is 0. The molecule has 4 heteroatoms. The lowest BCUT2D eigenvalue weighted by atomic mass is 9.95. The van der Waals surface area contributed by atoms with Crippen molar-refractivity contribution in [3.8, 4) is 0 Å². The molecule has 12 heavy (non-hydrogen) atoms. The Balaban J connectivity index is 3.95. The van der Waals surface area contributed by atoms with Gasteiger partial charge in [0.15, 0.2) is 0 Å². The van der Waals surface area contributed by atoms with Gasteiger partial charge in [-0.1, -0.05) is 13.8 Å². The molecule has 0 aromatic heterocycles. The highest BCUT2D eigenvalue weighted by molar-refractivity contribution is 5.67. The van der Waals surface area contributed by atoms with E-state index in [0.29, 0.717) is 0 Å². The van der Waals surface area contributed by atoms with Gasteiger partial charge in [0.2, 0.25) is 6.43 Å². The smallest absolute Gasteiger partial charge is 0.303 e. The van der Waals surface area contributed by atoms with E-state index in [4.69, 9.17) is 5.11 Å². The summed E-state index contributed by atoms with van der Waals surface area (Å²) in [5.74, 6) is -2.04. The highest BCUT2D eigenvalue weighted by Crippen LogP contribution is 2.22. The highest BCUT2D eigenvalue weighted by atomic mass is 19.3. The zero-order chi connectivity index (χ0) is 9.72. The van der Waals surface area contributed by atoms with Crippen LogP contribution in [0.1, 0.15) is 26.7 Å². The molecule has 72 valence electrons. The van der Waals surface area contributed by atoms with Crippen molar-refractivity contribution in [1.29, 1.82) is 0 Å². The number of carbonyl (C=O) groups is 1. The van der Waals surface area contributed by atoms with Crippen molar-refractivity contribution in [1.82, 2.24) is 0 Å². The lowest BCUT2D eigenvalue weighted by Crippen LogP contribution is -2.17. The lowest BCUT2D eigenvalue weighted by molar-refractivity contribution is -0.139. The van der Waals surface area contributed by atoms with Crippen molar-refractivity contribution in [2.24, 2.45) is 11.8 Å². The van der Waals surface area contributed by atoms with E-state index in [1.54, 1.807) is 13.8 Å². The predicted molar refractivity (Wildman–Crippen MR) is 41.2 cm³/mol. The summed E-state index contributed by atoms with van der Waals surface area (Å²) < 4.78 is 24.3. The average molecular weight is 180 g/mol. The van der Waals surface area contributed by atoms with Crippen molar-refractivity contribution in [3.63, 3.8) is 0 Å². The zero-order valence-corrected chi connectivity index (χ0v) is 7.26. The van der Waals surface area contributed by atoms with Gasteiger partial charge in [-0.25, -0.2) is 8.78 Å². The first kappa shape index (κ1) is 11.3. The number of aliphatic carboxylic acids is 1. The van der Waals surface area contributed by atoms with Crippen LogP contribution in [-0.2, 0) is 4.79 Å². The monoisotopic (exact) mass is 180 g/mol. The Labute approximate surface area is 70.6 Å². The van der Waals surface area contributed by atoms with E-state index in [1.165, 1.54) is 0 Å². The van der Waals surface area contributed by atoms with Crippen LogP contribution < -0.4 is 0 Å². The quantitative estimate of drug-likeness (QED) is 0.705. The van der Waals surface area contributed by atoms with Crippen LogP contribution in [0.5, 0.6) is 0 Å². The first-order valence-corrected chi connectivity index (χ1v) is 3.93. The normalized spacial score (nSPS) is 13.8. The molecule has 0 aromatic rings. The molecule has 0 spiro atoms. The maximum atomic E-state index is 12.2. The van der Waals surface area contributed by atoms with Crippen LogP contribution in [0.2, 0.25) is 0 Å². The summed E-state index contributed by atoms with van der Waals surface area (Å²) >= 11 is 0. The molecule has 1 unspecified atom stereocenters. The van der Waals surface area contributed by atoms with Crippen molar-refractivity contribution >= 4 is 5.97 Å². The number of halogens is 2. The molecule has 0 radical (unpaired) electrons. The molecular formula is C8H14F2O2. The lowest BCUT2D eigenvalue weighted by Gasteiger charge is -2.15. The molecule has 0 aromatic carbocycles. The Morgan fingerprint density at radius 1 is 1.42 bits per heavy atom. The third-order valence-electron chi connectivity index (χ3n) is 1.57. The molecule has 1 atom stereocenters. The molecular weight excluding hydrogens is 166 g/mol. The van der Waals surface area contributed by atoms with Crippen LogP contribution in [0.3, 0.4) is 0 Å². The fraction of sp³-hybridized carbons (Fsp3) is 0.875. The minimum atomic E-state index is -2.52. The van der Waals surface area contributed by atoms with E-state index in [1.807, 2.05) is 0 Å². The molecule has 0 bridgehead atoms. The van der Waals surface area contributed by atoms with Gasteiger partial charge in [-0.3, -0.25) is 4.79 Å². The molecule has 0 aliphatic carbocycles. The first-order valence-electron chi connectivity index (χ1n) is 3.93. The Hall–Kier alpha value is -0.670. The molecule has 0 rings (SSSR count). The number of alkyl halides is 2. The Morgan fingerprint density at radius 3 is 2.17 bits per heavy atom. The van der Waals surface area contributed by atoms with Gasteiger partial charge in [0.25, 0.3) is 0 Å². The molecule has 0 saturated heterocycles. The van der Waals surface area contributed by atoms with E-state index < -0.39 is 24.7 Å². The number of hydrogen-bond acceptors (Lipinski definition) is 1. The summed E-state index contributed by atoms with van der Waals surface area (Å²) in [6.07, 6.45) is -2.69. The van der Waals surface area contributed by atoms with E-state index in [0.717, 1.165) is 0 Å². The molecule has 1 N–H and O–H groups in total. The minimum absolute atomic E-state index is 0.114. The summed E-state index contributed by atoms with van der Waals surface area (Å²) in [5, 5.41) is 8.31. The maximum absolute atomic E-state index is 12.2. The molecule has 0 aliphatic heterocycles. The van der Waals surface area contributed by atoms with Crippen molar-refractivity contribution in [2.45, 2.75) is 33.1 Å². The van der Waals surface area contributed by atoms with E-state index in [9.17, 15) is 13.6 Å². The summed E-state index contributed by atoms with van der Waals surface area (Å²) in [4.78, 5) is 10.2. The molecule has 0 amide bonds. The van der Waals surface area contributed by atoms with Gasteiger partial charge < -0.3 is 5.11 Å². The second-order valence-electron chi connectivity index (χ2n) is 3.32. The molecule has 0 saturated carbocycles. The fourth-order valence-corrected chi connectivity index (χ4v) is 1.11. The average Bonchev–Trinajstić information content (AvgIpc) is 1.83. The van der Waals surface area contributed by atoms with Crippen LogP contribution in [0, 0.1) is 11.8 Å². The van der Waals surface area contributed by atoms with Crippen LogP contribution in [0.25, 0.3) is 0 Å². The van der Waals surface area contributed by atoms with Crippen molar-refractivity contribution in [3.05, 3.63) is 0 Å². The van der Waals surface area contributed by atoms with Gasteiger partial charge >= 0.3 is 5.97 Å². The summed E-state index contributed by atoms with van der Waals surface area (Å²) in [5.41, 5.74) is 0. The summed E-state index contributed by atoms with van der Waals surface area (Å²) in [6, 6.07) is 0. The molecule has 0 aliphatic rings. The third kappa shape index (κ3) is 5.04. The third-order valence-corrected chi connectivity index (χ3v) is 1.57. The van der Waals surface area contributed by atoms with Gasteiger partial charge in [0.1, 0.15) is 0 Å². The zero-order valence-electron chi connectivity index (χ0n) is 7.26. The highest BCUT2D eigenvalue weighted by Gasteiger charge is 2.23. The van der Waals surface area contributed by atoms with Gasteiger partial charge in [-0.2, -0.15) is 0 Å². The Kier molecular flexibility index (Phi) is 4.78. The predicted octanol–water partition coefficient (Wildman–Crippen LogP) is 2.39. The molecule has 2 nitrogen and oxygen atoms in total. The number of carboxylic acid groups (broad SMARTS) is 1. The van der Waals surface area contributed by atoms with Gasteiger partial charge in [-0.15, -0.1) is 0 Å². The largest absolute Gasteiger partial charge is 0.481 e. The fourth-order valence-electron chi connectivity index (χ4n) is 1.11. The van der Waals surface area contributed by atoms with E-state index in [-0.39, 0.29) is 12.3 Å². The second kappa shape index (κ2) is 5.06. The standard InChI is InChI=1S/C8H14F2O2/c1-5(2)3-6(8(9)10)4-7(11)12/h5-6,8H,3-4H2,1-2H3,(H,11,12). The second-order valence-corrected chi connectivity index (χ2v) is 3.32. The van der Waals surface area contributed by atoms with Crippen LogP contribution in [-0.4, -0.2) is 17.5 Å². The van der Waals surface area contributed by atoms with Crippen molar-refractivity contribution in [2.75, 3.05) is 0 Å². The SMILES string of the molecule is CC(C)CC(CC(=O)O)C(F)F. The summed E-state index contributed by atoms with van der Waals surface area (Å²) in [6.45, 7) is 3.61. The van der Waals surface area contributed by atoms with Crippen molar-refractivity contribution < 1.29 is 18.7 Å². The van der Waals surface area contributed by atoms with Gasteiger partial charge in [-0.05, 0) is 12.3 Å². The first-order chi connectivity index (χ1) is 5.43. The number of carboxylic acids is 1. The van der Waals surface area contributed by atoms with Crippen LogP contribution in [0.4, 0.5) is 8.78 Å². The van der Waals surface area contributed by atoms with Crippen LogP contribution >= 0.6 is 0 Å². The number of rotatable bonds is 5.